The van der Waals surface area contributed by atoms with Crippen LogP contribution in [0.25, 0.3) is 0 Å². The van der Waals surface area contributed by atoms with Gasteiger partial charge >= 0.3 is 0 Å². The van der Waals surface area contributed by atoms with E-state index in [9.17, 15) is 0 Å². The van der Waals surface area contributed by atoms with E-state index < -0.39 is 0 Å². The number of hydrogen-bond acceptors (Lipinski definition) is 5. The van der Waals surface area contributed by atoms with E-state index in [0.717, 1.165) is 18.1 Å². The molecule has 2 rings (SSSR count). The number of hydrazine groups is 1. The van der Waals surface area contributed by atoms with Crippen molar-refractivity contribution in [2.45, 2.75) is 32.9 Å². The molecule has 0 aliphatic heterocycles. The maximum absolute atomic E-state index is 5.63. The second kappa shape index (κ2) is 5.94. The van der Waals surface area contributed by atoms with Crippen molar-refractivity contribution in [2.75, 3.05) is 0 Å². The van der Waals surface area contributed by atoms with Crippen LogP contribution in [0.3, 0.4) is 0 Å². The highest BCUT2D eigenvalue weighted by Crippen LogP contribution is 2.14. The fraction of sp³-hybridized carbons (Fsp3) is 0.583. The van der Waals surface area contributed by atoms with Gasteiger partial charge in [0.2, 0.25) is 0 Å². The summed E-state index contributed by atoms with van der Waals surface area (Å²) in [4.78, 5) is 8.63. The van der Waals surface area contributed by atoms with Crippen LogP contribution >= 0.6 is 0 Å². The molecule has 19 heavy (non-hydrogen) atoms. The Morgan fingerprint density at radius 2 is 2.16 bits per heavy atom. The molecule has 0 aliphatic carbocycles. The van der Waals surface area contributed by atoms with Crippen molar-refractivity contribution in [3.8, 4) is 0 Å². The van der Waals surface area contributed by atoms with Crippen molar-refractivity contribution in [1.29, 1.82) is 0 Å². The maximum Gasteiger partial charge on any atom is 0.138 e. The molecule has 0 saturated heterocycles. The molecule has 2 aromatic heterocycles. The van der Waals surface area contributed by atoms with Crippen molar-refractivity contribution in [2.24, 2.45) is 18.8 Å². The molecular weight excluding hydrogens is 242 g/mol. The number of aryl methyl sites for hydroxylation is 1. The van der Waals surface area contributed by atoms with Crippen molar-refractivity contribution in [3.63, 3.8) is 0 Å². The lowest BCUT2D eigenvalue weighted by Crippen LogP contribution is -2.31. The van der Waals surface area contributed by atoms with Gasteiger partial charge in [0.25, 0.3) is 0 Å². The third-order valence-electron chi connectivity index (χ3n) is 2.90. The van der Waals surface area contributed by atoms with Crippen LogP contribution in [0.4, 0.5) is 0 Å². The van der Waals surface area contributed by atoms with E-state index in [0.29, 0.717) is 12.3 Å². The third kappa shape index (κ3) is 3.39. The number of nitrogens with one attached hydrogen (secondary N) is 1. The lowest BCUT2D eigenvalue weighted by molar-refractivity contribution is 0.444. The normalized spacial score (nSPS) is 13.1. The van der Waals surface area contributed by atoms with Gasteiger partial charge in [-0.3, -0.25) is 11.3 Å². The summed E-state index contributed by atoms with van der Waals surface area (Å²) in [5.74, 6) is 7.07. The van der Waals surface area contributed by atoms with Gasteiger partial charge in [0.05, 0.1) is 18.1 Å². The smallest absolute Gasteiger partial charge is 0.138 e. The standard InChI is InChI=1S/C12H21N7/c1-9(2)5-19-12(14-7-16-19)4-10(17-13)11-6-18(3)8-15-11/h6-10,17H,4-5,13H2,1-3H3. The molecule has 7 nitrogen and oxygen atoms in total. The number of nitrogens with two attached hydrogens (primary N) is 1. The van der Waals surface area contributed by atoms with E-state index in [1.165, 1.54) is 0 Å². The Morgan fingerprint density at radius 3 is 2.74 bits per heavy atom. The van der Waals surface area contributed by atoms with Crippen LogP contribution in [0.5, 0.6) is 0 Å². The molecule has 1 unspecified atom stereocenters. The molecule has 2 aromatic rings. The van der Waals surface area contributed by atoms with Crippen LogP contribution in [0.2, 0.25) is 0 Å². The lowest BCUT2D eigenvalue weighted by atomic mass is 10.1. The van der Waals surface area contributed by atoms with Crippen LogP contribution in [0, 0.1) is 5.92 Å². The van der Waals surface area contributed by atoms with Crippen LogP contribution in [0.1, 0.15) is 31.4 Å². The molecule has 3 N–H and O–H groups in total. The summed E-state index contributed by atoms with van der Waals surface area (Å²) in [5.41, 5.74) is 3.70. The minimum Gasteiger partial charge on any atom is -0.340 e. The number of hydrogen-bond donors (Lipinski definition) is 2. The molecule has 7 heteroatoms. The highest BCUT2D eigenvalue weighted by atomic mass is 15.3. The average molecular weight is 263 g/mol. The maximum atomic E-state index is 5.63. The van der Waals surface area contributed by atoms with Crippen LogP contribution < -0.4 is 11.3 Å². The van der Waals surface area contributed by atoms with Gasteiger partial charge in [-0.05, 0) is 5.92 Å². The number of nitrogens with zero attached hydrogens (tertiary/aromatic N) is 5. The molecule has 0 fully saturated rings. The van der Waals surface area contributed by atoms with E-state index >= 15 is 0 Å². The Labute approximate surface area is 112 Å². The second-order valence-corrected chi connectivity index (χ2v) is 5.14. The summed E-state index contributed by atoms with van der Waals surface area (Å²) in [5, 5.41) is 4.25. The molecule has 0 aliphatic rings. The molecule has 0 spiro atoms. The first kappa shape index (κ1) is 13.7. The summed E-state index contributed by atoms with van der Waals surface area (Å²) in [7, 11) is 1.94. The SMILES string of the molecule is CC(C)Cn1ncnc1CC(NN)c1cn(C)cn1. The van der Waals surface area contributed by atoms with Crippen molar-refractivity contribution < 1.29 is 0 Å². The number of rotatable bonds is 6. The van der Waals surface area contributed by atoms with E-state index in [-0.39, 0.29) is 6.04 Å². The number of imidazole rings is 1. The van der Waals surface area contributed by atoms with Gasteiger partial charge in [-0.15, -0.1) is 0 Å². The lowest BCUT2D eigenvalue weighted by Gasteiger charge is -2.14. The van der Waals surface area contributed by atoms with Gasteiger partial charge in [-0.1, -0.05) is 13.8 Å². The molecule has 0 aromatic carbocycles. The quantitative estimate of drug-likeness (QED) is 0.582. The molecule has 0 saturated carbocycles. The Kier molecular flexibility index (Phi) is 4.28. The molecule has 2 heterocycles. The Balaban J connectivity index is 2.12. The fourth-order valence-corrected chi connectivity index (χ4v) is 1.99. The zero-order chi connectivity index (χ0) is 13.8. The van der Waals surface area contributed by atoms with Gasteiger partial charge < -0.3 is 4.57 Å². The van der Waals surface area contributed by atoms with Crippen LogP contribution in [-0.2, 0) is 20.0 Å². The van der Waals surface area contributed by atoms with Crippen molar-refractivity contribution >= 4 is 0 Å². The Hall–Kier alpha value is -1.73. The molecule has 0 radical (unpaired) electrons. The zero-order valence-corrected chi connectivity index (χ0v) is 11.6. The minimum absolute atomic E-state index is 0.0590. The molecular formula is C12H21N7. The summed E-state index contributed by atoms with van der Waals surface area (Å²) < 4.78 is 3.83. The first-order valence-electron chi connectivity index (χ1n) is 6.40. The topological polar surface area (TPSA) is 86.6 Å². The summed E-state index contributed by atoms with van der Waals surface area (Å²) in [6, 6.07) is -0.0590. The zero-order valence-electron chi connectivity index (χ0n) is 11.6. The first-order valence-corrected chi connectivity index (χ1v) is 6.40. The first-order chi connectivity index (χ1) is 9.10. The van der Waals surface area contributed by atoms with Gasteiger partial charge in [0.1, 0.15) is 12.2 Å². The van der Waals surface area contributed by atoms with E-state index in [1.54, 1.807) is 12.7 Å². The monoisotopic (exact) mass is 263 g/mol. The number of aromatic nitrogens is 5. The largest absolute Gasteiger partial charge is 0.340 e. The average Bonchev–Trinajstić information content (AvgIpc) is 2.95. The molecule has 0 bridgehead atoms. The van der Waals surface area contributed by atoms with E-state index in [4.69, 9.17) is 5.84 Å². The minimum atomic E-state index is -0.0590. The van der Waals surface area contributed by atoms with Crippen molar-refractivity contribution in [3.05, 3.63) is 30.4 Å². The fourth-order valence-electron chi connectivity index (χ4n) is 1.99. The molecule has 0 amide bonds. The van der Waals surface area contributed by atoms with Crippen LogP contribution in [-0.4, -0.2) is 24.3 Å². The van der Waals surface area contributed by atoms with Gasteiger partial charge in [0, 0.05) is 26.2 Å². The van der Waals surface area contributed by atoms with Gasteiger partial charge in [-0.2, -0.15) is 5.10 Å². The van der Waals surface area contributed by atoms with E-state index in [2.05, 4.69) is 34.3 Å². The van der Waals surface area contributed by atoms with Gasteiger partial charge in [-0.25, -0.2) is 14.6 Å². The highest BCUT2D eigenvalue weighted by Gasteiger charge is 2.17. The predicted molar refractivity (Wildman–Crippen MR) is 71.8 cm³/mol. The Bertz CT molecular complexity index is 514. The third-order valence-corrected chi connectivity index (χ3v) is 2.90. The summed E-state index contributed by atoms with van der Waals surface area (Å²) >= 11 is 0. The summed E-state index contributed by atoms with van der Waals surface area (Å²) in [6.45, 7) is 5.17. The molecule has 1 atom stereocenters. The summed E-state index contributed by atoms with van der Waals surface area (Å²) in [6.07, 6.45) is 5.97. The second-order valence-electron chi connectivity index (χ2n) is 5.14. The predicted octanol–water partition coefficient (Wildman–Crippen LogP) is 0.415. The van der Waals surface area contributed by atoms with Crippen LogP contribution in [0.15, 0.2) is 18.9 Å². The molecule has 104 valence electrons. The Morgan fingerprint density at radius 1 is 1.37 bits per heavy atom. The van der Waals surface area contributed by atoms with Gasteiger partial charge in [0.15, 0.2) is 0 Å². The van der Waals surface area contributed by atoms with Crippen molar-refractivity contribution in [1.82, 2.24) is 29.7 Å². The highest BCUT2D eigenvalue weighted by molar-refractivity contribution is 5.06. The van der Waals surface area contributed by atoms with E-state index in [1.807, 2.05) is 22.5 Å².